The van der Waals surface area contributed by atoms with E-state index >= 15 is 0 Å². The minimum Gasteiger partial charge on any atom is -0.384 e. The number of nitrogen functional groups attached to an aromatic ring is 1. The zero-order valence-electron chi connectivity index (χ0n) is 11.2. The highest BCUT2D eigenvalue weighted by atomic mass is 32.1. The standard InChI is InChI=1S/C14H15N5S/c1-10-8-20-14(18-10)4-5-19-9-16-7-12(19)11-2-3-13(15)17-6-11/h2-3,6-9H,4-5H2,1H3,(H2,15,17). The SMILES string of the molecule is Cc1csc(CCn2cncc2-c2ccc(N)nc2)n1. The summed E-state index contributed by atoms with van der Waals surface area (Å²) in [6.07, 6.45) is 6.37. The summed E-state index contributed by atoms with van der Waals surface area (Å²) in [5.41, 5.74) is 8.76. The van der Waals surface area contributed by atoms with Gasteiger partial charge in [-0.3, -0.25) is 0 Å². The number of hydrogen-bond acceptors (Lipinski definition) is 5. The zero-order valence-corrected chi connectivity index (χ0v) is 12.0. The van der Waals surface area contributed by atoms with Crippen LogP contribution in [0, 0.1) is 6.92 Å². The average Bonchev–Trinajstić information content (AvgIpc) is 3.06. The topological polar surface area (TPSA) is 69.6 Å². The maximum absolute atomic E-state index is 5.61. The van der Waals surface area contributed by atoms with E-state index in [0.29, 0.717) is 5.82 Å². The molecule has 3 rings (SSSR count). The van der Waals surface area contributed by atoms with E-state index in [1.807, 2.05) is 25.5 Å². The van der Waals surface area contributed by atoms with Gasteiger partial charge in [-0.15, -0.1) is 11.3 Å². The molecule has 5 nitrogen and oxygen atoms in total. The Labute approximate surface area is 121 Å². The van der Waals surface area contributed by atoms with Crippen LogP contribution in [0.25, 0.3) is 11.3 Å². The molecular formula is C14H15N5S. The van der Waals surface area contributed by atoms with Crippen molar-refractivity contribution in [1.82, 2.24) is 19.5 Å². The van der Waals surface area contributed by atoms with Gasteiger partial charge in [-0.1, -0.05) is 0 Å². The summed E-state index contributed by atoms with van der Waals surface area (Å²) in [6, 6.07) is 3.76. The fraction of sp³-hybridized carbons (Fsp3) is 0.214. The number of aryl methyl sites for hydroxylation is 3. The lowest BCUT2D eigenvalue weighted by Crippen LogP contribution is -2.02. The minimum atomic E-state index is 0.526. The predicted octanol–water partition coefficient (Wildman–Crippen LogP) is 2.53. The quantitative estimate of drug-likeness (QED) is 0.799. The van der Waals surface area contributed by atoms with Gasteiger partial charge in [-0.05, 0) is 19.1 Å². The molecule has 0 aliphatic rings. The van der Waals surface area contributed by atoms with Crippen LogP contribution >= 0.6 is 11.3 Å². The first kappa shape index (κ1) is 12.8. The number of anilines is 1. The van der Waals surface area contributed by atoms with Gasteiger partial charge < -0.3 is 10.3 Å². The summed E-state index contributed by atoms with van der Waals surface area (Å²) < 4.78 is 2.12. The Morgan fingerprint density at radius 1 is 1.30 bits per heavy atom. The van der Waals surface area contributed by atoms with Crippen molar-refractivity contribution in [1.29, 1.82) is 0 Å². The van der Waals surface area contributed by atoms with Gasteiger partial charge in [0.05, 0.1) is 23.2 Å². The lowest BCUT2D eigenvalue weighted by Gasteiger charge is -2.07. The van der Waals surface area contributed by atoms with Gasteiger partial charge in [0.15, 0.2) is 0 Å². The van der Waals surface area contributed by atoms with Crippen LogP contribution in [0.5, 0.6) is 0 Å². The van der Waals surface area contributed by atoms with E-state index in [0.717, 1.165) is 34.9 Å². The Balaban J connectivity index is 1.78. The van der Waals surface area contributed by atoms with Crippen molar-refractivity contribution in [3.63, 3.8) is 0 Å². The van der Waals surface area contributed by atoms with Crippen molar-refractivity contribution >= 4 is 17.2 Å². The monoisotopic (exact) mass is 285 g/mol. The lowest BCUT2D eigenvalue weighted by atomic mass is 10.2. The van der Waals surface area contributed by atoms with Gasteiger partial charge in [0.25, 0.3) is 0 Å². The van der Waals surface area contributed by atoms with Crippen molar-refractivity contribution in [2.45, 2.75) is 19.9 Å². The van der Waals surface area contributed by atoms with Gasteiger partial charge >= 0.3 is 0 Å². The number of rotatable bonds is 4. The fourth-order valence-electron chi connectivity index (χ4n) is 2.03. The van der Waals surface area contributed by atoms with E-state index in [-0.39, 0.29) is 0 Å². The molecule has 3 aromatic rings. The van der Waals surface area contributed by atoms with E-state index in [1.165, 1.54) is 0 Å². The summed E-state index contributed by atoms with van der Waals surface area (Å²) in [5, 5.41) is 3.23. The summed E-state index contributed by atoms with van der Waals surface area (Å²) in [6.45, 7) is 2.87. The third-order valence-electron chi connectivity index (χ3n) is 3.03. The van der Waals surface area contributed by atoms with Crippen LogP contribution < -0.4 is 5.73 Å². The molecule has 0 fully saturated rings. The van der Waals surface area contributed by atoms with Crippen LogP contribution in [-0.2, 0) is 13.0 Å². The molecule has 2 N–H and O–H groups in total. The van der Waals surface area contributed by atoms with Crippen molar-refractivity contribution in [2.24, 2.45) is 0 Å². The molecule has 3 heterocycles. The fourth-order valence-corrected chi connectivity index (χ4v) is 2.79. The molecule has 0 spiro atoms. The molecule has 0 radical (unpaired) electrons. The molecule has 3 aromatic heterocycles. The van der Waals surface area contributed by atoms with Crippen LogP contribution in [0.4, 0.5) is 5.82 Å². The summed E-state index contributed by atoms with van der Waals surface area (Å²) >= 11 is 1.70. The molecule has 0 unspecified atom stereocenters. The van der Waals surface area contributed by atoms with E-state index in [1.54, 1.807) is 23.6 Å². The molecule has 0 amide bonds. The molecule has 0 saturated carbocycles. The molecule has 102 valence electrons. The number of imidazole rings is 1. The highest BCUT2D eigenvalue weighted by Gasteiger charge is 2.07. The average molecular weight is 285 g/mol. The van der Waals surface area contributed by atoms with Crippen LogP contribution in [0.15, 0.2) is 36.2 Å². The van der Waals surface area contributed by atoms with Crippen molar-refractivity contribution in [3.8, 4) is 11.3 Å². The number of hydrogen-bond donors (Lipinski definition) is 1. The Morgan fingerprint density at radius 3 is 2.90 bits per heavy atom. The van der Waals surface area contributed by atoms with E-state index in [4.69, 9.17) is 5.73 Å². The molecule has 0 aliphatic heterocycles. The van der Waals surface area contributed by atoms with E-state index < -0.39 is 0 Å². The molecule has 0 bridgehead atoms. The lowest BCUT2D eigenvalue weighted by molar-refractivity contribution is 0.698. The zero-order chi connectivity index (χ0) is 13.9. The van der Waals surface area contributed by atoms with Gasteiger partial charge in [-0.25, -0.2) is 15.0 Å². The van der Waals surface area contributed by atoms with E-state index in [9.17, 15) is 0 Å². The molecule has 20 heavy (non-hydrogen) atoms. The normalized spacial score (nSPS) is 10.8. The molecule has 6 heteroatoms. The van der Waals surface area contributed by atoms with Gasteiger partial charge in [0, 0.05) is 35.8 Å². The maximum Gasteiger partial charge on any atom is 0.123 e. The second-order valence-electron chi connectivity index (χ2n) is 4.58. The highest BCUT2D eigenvalue weighted by molar-refractivity contribution is 7.09. The van der Waals surface area contributed by atoms with Crippen LogP contribution in [-0.4, -0.2) is 19.5 Å². The third kappa shape index (κ3) is 2.70. The van der Waals surface area contributed by atoms with Crippen LogP contribution in [0.1, 0.15) is 10.7 Å². The Morgan fingerprint density at radius 2 is 2.20 bits per heavy atom. The first-order valence-corrected chi connectivity index (χ1v) is 7.23. The van der Waals surface area contributed by atoms with Gasteiger partial charge in [0.1, 0.15) is 5.82 Å². The smallest absolute Gasteiger partial charge is 0.123 e. The summed E-state index contributed by atoms with van der Waals surface area (Å²) in [5.74, 6) is 0.526. The summed E-state index contributed by atoms with van der Waals surface area (Å²) in [7, 11) is 0. The Kier molecular flexibility index (Phi) is 3.47. The number of pyridine rings is 1. The first-order chi connectivity index (χ1) is 9.72. The number of nitrogens with two attached hydrogens (primary N) is 1. The molecular weight excluding hydrogens is 270 g/mol. The second kappa shape index (κ2) is 5.42. The van der Waals surface area contributed by atoms with Gasteiger partial charge in [0.2, 0.25) is 0 Å². The minimum absolute atomic E-state index is 0.526. The molecule has 0 aromatic carbocycles. The molecule has 0 aliphatic carbocycles. The Hall–Kier alpha value is -2.21. The highest BCUT2D eigenvalue weighted by Crippen LogP contribution is 2.19. The maximum atomic E-state index is 5.61. The van der Waals surface area contributed by atoms with E-state index in [2.05, 4.69) is 24.9 Å². The number of aromatic nitrogens is 4. The Bertz CT molecular complexity index is 698. The van der Waals surface area contributed by atoms with Crippen LogP contribution in [0.2, 0.25) is 0 Å². The molecule has 0 saturated heterocycles. The molecule has 0 atom stereocenters. The largest absolute Gasteiger partial charge is 0.384 e. The third-order valence-corrected chi connectivity index (χ3v) is 4.05. The number of thiazole rings is 1. The first-order valence-electron chi connectivity index (χ1n) is 6.35. The number of nitrogens with zero attached hydrogens (tertiary/aromatic N) is 4. The summed E-state index contributed by atoms with van der Waals surface area (Å²) in [4.78, 5) is 12.8. The van der Waals surface area contributed by atoms with Crippen LogP contribution in [0.3, 0.4) is 0 Å². The van der Waals surface area contributed by atoms with Crippen molar-refractivity contribution in [2.75, 3.05) is 5.73 Å². The predicted molar refractivity (Wildman–Crippen MR) is 80.4 cm³/mol. The second-order valence-corrected chi connectivity index (χ2v) is 5.52. The van der Waals surface area contributed by atoms with Crippen molar-refractivity contribution < 1.29 is 0 Å². The van der Waals surface area contributed by atoms with Crippen molar-refractivity contribution in [3.05, 3.63) is 46.9 Å². The van der Waals surface area contributed by atoms with Gasteiger partial charge in [-0.2, -0.15) is 0 Å².